The predicted octanol–water partition coefficient (Wildman–Crippen LogP) is 16.1. The summed E-state index contributed by atoms with van der Waals surface area (Å²) in [6, 6.07) is 36.8. The smallest absolute Gasteiger partial charge is 0.330 e. The topological polar surface area (TPSA) is 212 Å². The number of carbonyl (C=O) groups excluding carboxylic acids is 7. The van der Waals surface area contributed by atoms with E-state index in [4.69, 9.17) is 47.4 Å². The van der Waals surface area contributed by atoms with E-state index in [1.54, 1.807) is 23.9 Å². The molecule has 2 aliphatic rings. The number of benzene rings is 6. The molecule has 18 heteroatoms. The lowest BCUT2D eigenvalue weighted by molar-refractivity contribution is -0.152. The van der Waals surface area contributed by atoms with E-state index < -0.39 is 17.9 Å². The Kier molecular flexibility index (Phi) is 30.9. The maximum absolute atomic E-state index is 13.9. The van der Waals surface area contributed by atoms with Crippen molar-refractivity contribution in [2.45, 2.75) is 151 Å². The Morgan fingerprint density at radius 1 is 0.340 bits per heavy atom. The number of unbranched alkanes of at least 4 members (excludes halogenated alkanes) is 9. The first kappa shape index (κ1) is 73.9. The first-order valence-electron chi connectivity index (χ1n) is 34.3. The summed E-state index contributed by atoms with van der Waals surface area (Å²) in [5.41, 5.74) is 2.06. The molecule has 0 bridgehead atoms. The highest BCUT2D eigenvalue weighted by Gasteiger charge is 2.34. The summed E-state index contributed by atoms with van der Waals surface area (Å²) < 4.78 is 56.6. The van der Waals surface area contributed by atoms with Crippen LogP contribution in [0, 0.1) is 23.7 Å². The van der Waals surface area contributed by atoms with Crippen LogP contribution in [0.4, 0.5) is 0 Å². The van der Waals surface area contributed by atoms with Gasteiger partial charge in [-0.15, -0.1) is 0 Å². The zero-order chi connectivity index (χ0) is 68.4. The molecule has 2 saturated carbocycles. The van der Waals surface area contributed by atoms with E-state index in [2.05, 4.69) is 25.8 Å². The van der Waals surface area contributed by atoms with Gasteiger partial charge in [-0.1, -0.05) is 67.9 Å². The normalized spacial score (nSPS) is 15.8. The maximum atomic E-state index is 13.9. The monoisotopic (exact) mass is 1340 g/mol. The number of ether oxygens (including phenoxy) is 10. The minimum absolute atomic E-state index is 0.248. The number of hydrogen-bond acceptors (Lipinski definition) is 18. The maximum Gasteiger partial charge on any atom is 0.330 e. The highest BCUT2D eigenvalue weighted by molar-refractivity contribution is 7.99. The van der Waals surface area contributed by atoms with Crippen molar-refractivity contribution in [2.75, 3.05) is 52.9 Å². The van der Waals surface area contributed by atoms with Gasteiger partial charge in [0.25, 0.3) is 0 Å². The van der Waals surface area contributed by atoms with Crippen LogP contribution in [0.25, 0.3) is 21.5 Å². The SMILES string of the molecule is C=CC(=O)OCCCCCCOc1ccc(CCOC(=O)C2CCC(C(=O)Oc3ccc4c(c3)cc(Sc3ccc(OCCCCCCOC(=O)C=C)cc3)c3cc(OC(=O)C5CCC(C(=O)OCCc6ccc(OCCCCCCOC(=O)C=C)cc6)CC5)ccc34)CC2)cc1. The van der Waals surface area contributed by atoms with E-state index in [0.717, 1.165) is 137 Å². The third kappa shape index (κ3) is 25.2. The number of hydrogen-bond donors (Lipinski definition) is 0. The van der Waals surface area contributed by atoms with Crippen molar-refractivity contribution in [3.63, 3.8) is 0 Å². The molecule has 0 N–H and O–H groups in total. The minimum Gasteiger partial charge on any atom is -0.494 e. The summed E-state index contributed by atoms with van der Waals surface area (Å²) in [6.07, 6.45) is 19.4. The van der Waals surface area contributed by atoms with Crippen LogP contribution >= 0.6 is 11.8 Å². The number of carbonyl (C=O) groups is 7. The number of esters is 7. The largest absolute Gasteiger partial charge is 0.494 e. The lowest BCUT2D eigenvalue weighted by atomic mass is 9.82. The van der Waals surface area contributed by atoms with Crippen LogP contribution in [0.5, 0.6) is 28.7 Å². The molecule has 0 radical (unpaired) electrons. The molecule has 97 heavy (non-hydrogen) atoms. The van der Waals surface area contributed by atoms with E-state index in [1.165, 1.54) is 18.2 Å². The lowest BCUT2D eigenvalue weighted by Gasteiger charge is -2.26. The van der Waals surface area contributed by atoms with Gasteiger partial charge < -0.3 is 47.4 Å². The quantitative estimate of drug-likeness (QED) is 0.00872. The zero-order valence-electron chi connectivity index (χ0n) is 55.7. The van der Waals surface area contributed by atoms with Gasteiger partial charge in [0.2, 0.25) is 0 Å². The van der Waals surface area contributed by atoms with Gasteiger partial charge in [-0.2, -0.15) is 0 Å². The van der Waals surface area contributed by atoms with Crippen LogP contribution in [0.2, 0.25) is 0 Å². The second-order valence-corrected chi connectivity index (χ2v) is 25.6. The first-order valence-corrected chi connectivity index (χ1v) is 35.1. The van der Waals surface area contributed by atoms with Crippen LogP contribution in [-0.4, -0.2) is 94.6 Å². The molecule has 0 saturated heterocycles. The van der Waals surface area contributed by atoms with E-state index in [9.17, 15) is 33.6 Å². The van der Waals surface area contributed by atoms with Crippen molar-refractivity contribution in [2.24, 2.45) is 23.7 Å². The molecule has 0 atom stereocenters. The fourth-order valence-electron chi connectivity index (χ4n) is 11.8. The molecule has 0 aliphatic heterocycles. The summed E-state index contributed by atoms with van der Waals surface area (Å²) in [6.45, 7) is 13.6. The first-order chi connectivity index (χ1) is 47.3. The van der Waals surface area contributed by atoms with Crippen LogP contribution in [0.3, 0.4) is 0 Å². The highest BCUT2D eigenvalue weighted by atomic mass is 32.2. The Hall–Kier alpha value is -8.90. The zero-order valence-corrected chi connectivity index (χ0v) is 56.5. The van der Waals surface area contributed by atoms with E-state index in [1.807, 2.05) is 97.1 Å². The Balaban J connectivity index is 0.808. The number of rotatable bonds is 41. The molecule has 0 unspecified atom stereocenters. The Morgan fingerprint density at radius 2 is 0.680 bits per heavy atom. The van der Waals surface area contributed by atoms with Crippen LogP contribution in [0.15, 0.2) is 163 Å². The van der Waals surface area contributed by atoms with Gasteiger partial charge in [0.15, 0.2) is 0 Å². The standard InChI is InChI=1S/C79H92O17S/c1-4-73(80)90-48-16-10-7-13-45-87-63-31-19-56(20-32-63)43-51-93-76(83)58-23-27-60(28-24-58)78(85)95-66-37-41-69-62(53-66)54-72(97-68-39-35-65(36-40-68)89-47-15-9-12-18-50-92-75(82)6-3)71-55-67(38-42-70(69)71)96-79(86)61-29-25-59(26-30-61)77(84)94-52-44-57-21-33-64(34-22-57)88-46-14-8-11-17-49-91-74(81)5-2/h4-6,19-22,31-42,53-55,58-61H,1-3,7-18,23-30,43-52H2. The summed E-state index contributed by atoms with van der Waals surface area (Å²) in [5, 5.41) is 3.55. The molecule has 0 heterocycles. The molecule has 0 aromatic heterocycles. The molecule has 516 valence electrons. The Labute approximate surface area is 573 Å². The molecule has 17 nitrogen and oxygen atoms in total. The highest BCUT2D eigenvalue weighted by Crippen LogP contribution is 2.42. The van der Waals surface area contributed by atoms with Crippen LogP contribution < -0.4 is 23.7 Å². The van der Waals surface area contributed by atoms with Gasteiger partial charge >= 0.3 is 41.8 Å². The Bertz CT molecular complexity index is 3550. The Morgan fingerprint density at radius 3 is 1.07 bits per heavy atom. The third-order valence-electron chi connectivity index (χ3n) is 17.4. The molecule has 0 spiro atoms. The molecular formula is C79H92O17S. The van der Waals surface area contributed by atoms with Gasteiger partial charge in [-0.05, 0) is 240 Å². The summed E-state index contributed by atoms with van der Waals surface area (Å²) in [5.74, 6) is -0.611. The lowest BCUT2D eigenvalue weighted by Crippen LogP contribution is -2.29. The van der Waals surface area contributed by atoms with Crippen molar-refractivity contribution < 1.29 is 80.9 Å². The average molecular weight is 1350 g/mol. The molecule has 8 rings (SSSR count). The van der Waals surface area contributed by atoms with Crippen molar-refractivity contribution in [3.8, 4) is 28.7 Å². The summed E-state index contributed by atoms with van der Waals surface area (Å²) >= 11 is 1.55. The van der Waals surface area contributed by atoms with E-state index >= 15 is 0 Å². The van der Waals surface area contributed by atoms with E-state index in [-0.39, 0.29) is 60.8 Å². The second kappa shape index (κ2) is 40.6. The fraction of sp³-hybridized carbons (Fsp3) is 0.430. The van der Waals surface area contributed by atoms with Gasteiger partial charge in [0, 0.05) is 40.9 Å². The van der Waals surface area contributed by atoms with E-state index in [0.29, 0.717) is 115 Å². The summed E-state index contributed by atoms with van der Waals surface area (Å²) in [7, 11) is 0. The minimum atomic E-state index is -0.413. The van der Waals surface area contributed by atoms with Gasteiger partial charge in [0.1, 0.15) is 28.7 Å². The number of fused-ring (bicyclic) bond motifs is 3. The van der Waals surface area contributed by atoms with Crippen molar-refractivity contribution >= 4 is 75.1 Å². The van der Waals surface area contributed by atoms with Crippen LogP contribution in [0.1, 0.15) is 140 Å². The van der Waals surface area contributed by atoms with Crippen molar-refractivity contribution in [1.82, 2.24) is 0 Å². The molecule has 0 amide bonds. The molecular weight excluding hydrogens is 1250 g/mol. The van der Waals surface area contributed by atoms with Crippen molar-refractivity contribution in [3.05, 3.63) is 164 Å². The average Bonchev–Trinajstić information content (AvgIpc) is 0.768. The summed E-state index contributed by atoms with van der Waals surface area (Å²) in [4.78, 5) is 89.5. The van der Waals surface area contributed by atoms with Crippen molar-refractivity contribution in [1.29, 1.82) is 0 Å². The molecule has 2 aliphatic carbocycles. The predicted molar refractivity (Wildman–Crippen MR) is 372 cm³/mol. The van der Waals surface area contributed by atoms with Gasteiger partial charge in [-0.3, -0.25) is 19.2 Å². The van der Waals surface area contributed by atoms with Gasteiger partial charge in [-0.25, -0.2) is 14.4 Å². The molecule has 6 aromatic rings. The third-order valence-corrected chi connectivity index (χ3v) is 18.5. The van der Waals surface area contributed by atoms with Gasteiger partial charge in [0.05, 0.1) is 76.5 Å². The fourth-order valence-corrected chi connectivity index (χ4v) is 12.8. The molecule has 2 fully saturated rings. The second-order valence-electron chi connectivity index (χ2n) is 24.5. The van der Waals surface area contributed by atoms with Crippen LogP contribution in [-0.2, 0) is 70.1 Å². The molecule has 6 aromatic carbocycles.